The van der Waals surface area contributed by atoms with Gasteiger partial charge in [0.05, 0.1) is 12.2 Å². The van der Waals surface area contributed by atoms with E-state index in [9.17, 15) is 0 Å². The van der Waals surface area contributed by atoms with E-state index in [0.717, 1.165) is 5.92 Å². The van der Waals surface area contributed by atoms with E-state index in [-0.39, 0.29) is 0 Å². The lowest BCUT2D eigenvalue weighted by Gasteiger charge is -2.35. The Morgan fingerprint density at radius 2 is 1.65 bits per heavy atom. The molecule has 2 aliphatic rings. The molecule has 17 heavy (non-hydrogen) atoms. The van der Waals surface area contributed by atoms with Gasteiger partial charge in [0.1, 0.15) is 0 Å². The minimum absolute atomic E-state index is 0.393. The molecule has 0 radical (unpaired) electrons. The monoisotopic (exact) mass is 239 g/mol. The second kappa shape index (κ2) is 6.75. The maximum absolute atomic E-state index is 5.90. The van der Waals surface area contributed by atoms with Crippen LogP contribution in [0, 0.1) is 5.92 Å². The van der Waals surface area contributed by atoms with Crippen molar-refractivity contribution in [3.8, 4) is 0 Å². The summed E-state index contributed by atoms with van der Waals surface area (Å²) in [6, 6.07) is 0. The summed E-state index contributed by atoms with van der Waals surface area (Å²) in [7, 11) is 0. The molecule has 0 aromatic heterocycles. The Morgan fingerprint density at radius 3 is 2.24 bits per heavy atom. The van der Waals surface area contributed by atoms with Gasteiger partial charge in [-0.1, -0.05) is 19.3 Å². The summed E-state index contributed by atoms with van der Waals surface area (Å²) in [6.45, 7) is 8.17. The van der Waals surface area contributed by atoms with Gasteiger partial charge in [0.25, 0.3) is 0 Å². The predicted octanol–water partition coefficient (Wildman–Crippen LogP) is 3.46. The fourth-order valence-corrected chi connectivity index (χ4v) is 3.35. The minimum Gasteiger partial charge on any atom is -0.375 e. The van der Waals surface area contributed by atoms with Gasteiger partial charge in [0.2, 0.25) is 0 Å². The van der Waals surface area contributed by atoms with Crippen molar-refractivity contribution in [2.24, 2.45) is 5.92 Å². The first-order valence-electron chi connectivity index (χ1n) is 7.62. The summed E-state index contributed by atoms with van der Waals surface area (Å²) < 4.78 is 5.90. The van der Waals surface area contributed by atoms with Gasteiger partial charge in [-0.25, -0.2) is 0 Å². The Kier molecular flexibility index (Phi) is 5.30. The Bertz CT molecular complexity index is 203. The quantitative estimate of drug-likeness (QED) is 0.745. The van der Waals surface area contributed by atoms with Gasteiger partial charge in [-0.15, -0.1) is 0 Å². The van der Waals surface area contributed by atoms with E-state index in [2.05, 4.69) is 18.7 Å². The molecule has 1 saturated heterocycles. The van der Waals surface area contributed by atoms with Gasteiger partial charge in [0, 0.05) is 19.6 Å². The smallest absolute Gasteiger partial charge is 0.0603 e. The summed E-state index contributed by atoms with van der Waals surface area (Å²) in [5.41, 5.74) is 0. The zero-order chi connectivity index (χ0) is 12.1. The number of hydrogen-bond acceptors (Lipinski definition) is 2. The van der Waals surface area contributed by atoms with E-state index in [4.69, 9.17) is 4.74 Å². The fourth-order valence-electron chi connectivity index (χ4n) is 3.35. The molecule has 2 rings (SSSR count). The zero-order valence-electron chi connectivity index (χ0n) is 11.7. The highest BCUT2D eigenvalue weighted by Crippen LogP contribution is 2.25. The van der Waals surface area contributed by atoms with Gasteiger partial charge in [0.15, 0.2) is 0 Å². The highest BCUT2D eigenvalue weighted by molar-refractivity contribution is 4.76. The van der Waals surface area contributed by atoms with Crippen LogP contribution >= 0.6 is 0 Å². The van der Waals surface area contributed by atoms with Crippen LogP contribution in [0.1, 0.15) is 58.8 Å². The lowest BCUT2D eigenvalue weighted by atomic mass is 9.88. The maximum atomic E-state index is 5.90. The van der Waals surface area contributed by atoms with Crippen LogP contribution in [0.3, 0.4) is 0 Å². The van der Waals surface area contributed by atoms with Crippen LogP contribution in [0.4, 0.5) is 0 Å². The summed E-state index contributed by atoms with van der Waals surface area (Å²) in [4.78, 5) is 2.68. The van der Waals surface area contributed by atoms with Crippen LogP contribution < -0.4 is 0 Å². The maximum Gasteiger partial charge on any atom is 0.0603 e. The lowest BCUT2D eigenvalue weighted by Crippen LogP contribution is -2.40. The van der Waals surface area contributed by atoms with Crippen molar-refractivity contribution in [1.29, 1.82) is 0 Å². The van der Waals surface area contributed by atoms with E-state index >= 15 is 0 Å². The molecule has 1 aliphatic carbocycles. The van der Waals surface area contributed by atoms with Crippen LogP contribution in [-0.4, -0.2) is 36.7 Å². The molecule has 2 nitrogen and oxygen atoms in total. The summed E-state index contributed by atoms with van der Waals surface area (Å²) in [5, 5.41) is 0. The third-order valence-electron chi connectivity index (χ3n) is 4.24. The molecule has 0 unspecified atom stereocenters. The van der Waals surface area contributed by atoms with Crippen molar-refractivity contribution in [3.63, 3.8) is 0 Å². The number of piperidine rings is 1. The van der Waals surface area contributed by atoms with E-state index in [1.54, 1.807) is 0 Å². The molecule has 2 fully saturated rings. The second-order valence-electron chi connectivity index (χ2n) is 6.19. The van der Waals surface area contributed by atoms with Crippen molar-refractivity contribution in [2.75, 3.05) is 19.6 Å². The first-order valence-corrected chi connectivity index (χ1v) is 7.62. The average Bonchev–Trinajstić information content (AvgIpc) is 2.32. The van der Waals surface area contributed by atoms with Crippen molar-refractivity contribution < 1.29 is 4.74 Å². The molecular weight excluding hydrogens is 210 g/mol. The number of ether oxygens (including phenoxy) is 1. The molecule has 0 spiro atoms. The van der Waals surface area contributed by atoms with Crippen LogP contribution in [0.2, 0.25) is 0 Å². The van der Waals surface area contributed by atoms with Gasteiger partial charge in [-0.2, -0.15) is 0 Å². The molecule has 0 aromatic rings. The zero-order valence-corrected chi connectivity index (χ0v) is 11.7. The van der Waals surface area contributed by atoms with E-state index in [1.807, 2.05) is 0 Å². The first-order chi connectivity index (χ1) is 8.24. The third kappa shape index (κ3) is 4.59. The molecule has 100 valence electrons. The van der Waals surface area contributed by atoms with Crippen molar-refractivity contribution in [1.82, 2.24) is 4.90 Å². The van der Waals surface area contributed by atoms with Gasteiger partial charge in [-0.3, -0.25) is 0 Å². The lowest BCUT2D eigenvalue weighted by molar-refractivity contribution is -0.0292. The second-order valence-corrected chi connectivity index (χ2v) is 6.19. The molecule has 0 atom stereocenters. The Balaban J connectivity index is 1.64. The van der Waals surface area contributed by atoms with Crippen LogP contribution in [0.5, 0.6) is 0 Å². The summed E-state index contributed by atoms with van der Waals surface area (Å²) >= 11 is 0. The van der Waals surface area contributed by atoms with Crippen LogP contribution in [0.15, 0.2) is 0 Å². The number of rotatable bonds is 4. The fraction of sp³-hybridized carbons (Fsp3) is 1.00. The molecular formula is C15H29NO. The number of likely N-dealkylation sites (tertiary alicyclic amines) is 1. The van der Waals surface area contributed by atoms with Gasteiger partial charge >= 0.3 is 0 Å². The third-order valence-corrected chi connectivity index (χ3v) is 4.24. The van der Waals surface area contributed by atoms with E-state index in [0.29, 0.717) is 12.2 Å². The topological polar surface area (TPSA) is 12.5 Å². The first kappa shape index (κ1) is 13.4. The molecule has 1 aliphatic heterocycles. The van der Waals surface area contributed by atoms with E-state index < -0.39 is 0 Å². The predicted molar refractivity (Wildman–Crippen MR) is 72.3 cm³/mol. The SMILES string of the molecule is CC(C)OC1CCN(CC2CCCCC2)CC1. The van der Waals surface area contributed by atoms with Gasteiger partial charge in [-0.05, 0) is 45.4 Å². The highest BCUT2D eigenvalue weighted by Gasteiger charge is 2.23. The highest BCUT2D eigenvalue weighted by atomic mass is 16.5. The van der Waals surface area contributed by atoms with E-state index in [1.165, 1.54) is 64.6 Å². The van der Waals surface area contributed by atoms with Crippen LogP contribution in [-0.2, 0) is 4.74 Å². The Hall–Kier alpha value is -0.0800. The largest absolute Gasteiger partial charge is 0.375 e. The minimum atomic E-state index is 0.393. The van der Waals surface area contributed by atoms with Gasteiger partial charge < -0.3 is 9.64 Å². The van der Waals surface area contributed by atoms with Crippen molar-refractivity contribution >= 4 is 0 Å². The Morgan fingerprint density at radius 1 is 1.00 bits per heavy atom. The molecule has 2 heteroatoms. The number of hydrogen-bond donors (Lipinski definition) is 0. The molecule has 1 saturated carbocycles. The number of nitrogens with zero attached hydrogens (tertiary/aromatic N) is 1. The Labute approximate surface area is 107 Å². The molecule has 0 bridgehead atoms. The normalized spacial score (nSPS) is 25.6. The summed E-state index contributed by atoms with van der Waals surface area (Å²) in [5.74, 6) is 0.992. The van der Waals surface area contributed by atoms with Crippen LogP contribution in [0.25, 0.3) is 0 Å². The average molecular weight is 239 g/mol. The van der Waals surface area contributed by atoms with Crippen molar-refractivity contribution in [2.45, 2.75) is 71.0 Å². The van der Waals surface area contributed by atoms with Crippen molar-refractivity contribution in [3.05, 3.63) is 0 Å². The molecule has 0 amide bonds. The molecule has 0 aromatic carbocycles. The standard InChI is InChI=1S/C15H29NO/c1-13(2)17-15-8-10-16(11-9-15)12-14-6-4-3-5-7-14/h13-15H,3-12H2,1-2H3. The summed E-state index contributed by atoms with van der Waals surface area (Å²) in [6.07, 6.45) is 10.8. The molecule has 1 heterocycles. The molecule has 0 N–H and O–H groups in total.